The van der Waals surface area contributed by atoms with Gasteiger partial charge in [0, 0.05) is 29.7 Å². The number of hydrogen-bond donors (Lipinski definition) is 4. The topological polar surface area (TPSA) is 85.8 Å². The first-order chi connectivity index (χ1) is 13.5. The van der Waals surface area contributed by atoms with Crippen molar-refractivity contribution < 1.29 is 9.90 Å². The molecule has 1 unspecified atom stereocenters. The van der Waals surface area contributed by atoms with Gasteiger partial charge >= 0.3 is 0 Å². The van der Waals surface area contributed by atoms with Crippen LogP contribution in [0, 0.1) is 0 Å². The molecule has 0 fully saturated rings. The molecule has 2 aromatic rings. The van der Waals surface area contributed by atoms with E-state index in [9.17, 15) is 9.90 Å². The molecule has 2 rings (SSSR count). The predicted octanol–water partition coefficient (Wildman–Crippen LogP) is 4.21. The summed E-state index contributed by atoms with van der Waals surface area (Å²) in [7, 11) is 0. The second-order valence-corrected chi connectivity index (χ2v) is 7.16. The lowest BCUT2D eigenvalue weighted by molar-refractivity contribution is 0.0953. The third-order valence-electron chi connectivity index (χ3n) is 4.07. The van der Waals surface area contributed by atoms with Crippen molar-refractivity contribution in [2.24, 2.45) is 4.99 Å². The molecule has 0 saturated heterocycles. The first-order valence-corrected chi connectivity index (χ1v) is 10.2. The van der Waals surface area contributed by atoms with Gasteiger partial charge in [0.15, 0.2) is 5.96 Å². The number of halogens is 2. The minimum Gasteiger partial charge on any atom is -0.508 e. The highest BCUT2D eigenvalue weighted by Crippen LogP contribution is 2.22. The second-order valence-electron chi connectivity index (χ2n) is 6.31. The van der Waals surface area contributed by atoms with Crippen LogP contribution in [0.15, 0.2) is 58.0 Å². The van der Waals surface area contributed by atoms with Crippen LogP contribution < -0.4 is 16.0 Å². The highest BCUT2D eigenvalue weighted by Gasteiger charge is 2.10. The Balaban J connectivity index is 0.00000420. The Morgan fingerprint density at radius 1 is 1.17 bits per heavy atom. The monoisotopic (exact) mass is 574 g/mol. The second kappa shape index (κ2) is 13.4. The van der Waals surface area contributed by atoms with Gasteiger partial charge in [0.25, 0.3) is 5.91 Å². The van der Waals surface area contributed by atoms with E-state index in [0.29, 0.717) is 25.1 Å². The summed E-state index contributed by atoms with van der Waals surface area (Å²) in [5.41, 5.74) is 1.60. The van der Waals surface area contributed by atoms with E-state index in [1.54, 1.807) is 12.1 Å². The number of nitrogens with one attached hydrogen (secondary N) is 3. The number of benzene rings is 2. The largest absolute Gasteiger partial charge is 0.508 e. The first kappa shape index (κ1) is 25.2. The Hall–Kier alpha value is -1.81. The van der Waals surface area contributed by atoms with Gasteiger partial charge in [0.05, 0.1) is 6.04 Å². The molecule has 2 aromatic carbocycles. The van der Waals surface area contributed by atoms with Gasteiger partial charge in [-0.05, 0) is 50.1 Å². The molecule has 158 valence electrons. The fourth-order valence-electron chi connectivity index (χ4n) is 2.65. The lowest BCUT2D eigenvalue weighted by Crippen LogP contribution is -2.39. The van der Waals surface area contributed by atoms with E-state index in [4.69, 9.17) is 0 Å². The van der Waals surface area contributed by atoms with Crippen LogP contribution in [-0.2, 0) is 0 Å². The van der Waals surface area contributed by atoms with Gasteiger partial charge in [0.2, 0.25) is 0 Å². The van der Waals surface area contributed by atoms with E-state index in [1.165, 1.54) is 12.1 Å². The zero-order valence-electron chi connectivity index (χ0n) is 16.6. The number of aromatic hydroxyl groups is 1. The average Bonchev–Trinajstić information content (AvgIpc) is 2.68. The Bertz CT molecular complexity index is 817. The molecule has 4 N–H and O–H groups in total. The summed E-state index contributed by atoms with van der Waals surface area (Å²) in [5, 5.41) is 18.9. The number of carbonyl (C=O) groups excluding carboxylic acids is 1. The molecule has 0 aliphatic carbocycles. The number of phenolic OH excluding ortho intramolecular Hbond substituents is 1. The summed E-state index contributed by atoms with van der Waals surface area (Å²) >= 11 is 3.58. The lowest BCUT2D eigenvalue weighted by Gasteiger charge is -2.19. The number of amides is 1. The minimum atomic E-state index is -0.201. The third-order valence-corrected chi connectivity index (χ3v) is 4.79. The minimum absolute atomic E-state index is 0. The van der Waals surface area contributed by atoms with E-state index in [2.05, 4.69) is 49.9 Å². The third kappa shape index (κ3) is 8.61. The highest BCUT2D eigenvalue weighted by atomic mass is 127. The zero-order chi connectivity index (χ0) is 20.4. The predicted molar refractivity (Wildman–Crippen MR) is 132 cm³/mol. The van der Waals surface area contributed by atoms with Crippen molar-refractivity contribution >= 4 is 51.8 Å². The van der Waals surface area contributed by atoms with Crippen LogP contribution in [0.5, 0.6) is 5.75 Å². The normalized spacial score (nSPS) is 11.9. The maximum Gasteiger partial charge on any atom is 0.251 e. The van der Waals surface area contributed by atoms with Crippen LogP contribution in [0.3, 0.4) is 0 Å². The molecular formula is C21H28BrIN4O2. The molecule has 29 heavy (non-hydrogen) atoms. The first-order valence-electron chi connectivity index (χ1n) is 9.37. The van der Waals surface area contributed by atoms with E-state index in [0.717, 1.165) is 22.5 Å². The molecule has 0 aliphatic rings. The SMILES string of the molecule is CCNC(=NCCCNC(=O)c1cccc(O)c1)NC(C)c1ccccc1Br.I. The molecule has 0 aliphatic heterocycles. The number of hydrogen-bond acceptors (Lipinski definition) is 3. The summed E-state index contributed by atoms with van der Waals surface area (Å²) in [6.45, 7) is 5.97. The van der Waals surface area contributed by atoms with Crippen LogP contribution in [0.2, 0.25) is 0 Å². The molecule has 6 nitrogen and oxygen atoms in total. The highest BCUT2D eigenvalue weighted by molar-refractivity contribution is 14.0. The number of guanidine groups is 1. The van der Waals surface area contributed by atoms with Gasteiger partial charge in [-0.25, -0.2) is 0 Å². The van der Waals surface area contributed by atoms with Crippen molar-refractivity contribution in [3.8, 4) is 5.75 Å². The molecule has 0 bridgehead atoms. The van der Waals surface area contributed by atoms with Crippen LogP contribution >= 0.6 is 39.9 Å². The van der Waals surface area contributed by atoms with Gasteiger partial charge in [-0.1, -0.05) is 40.2 Å². The Morgan fingerprint density at radius 3 is 2.62 bits per heavy atom. The Labute approximate surface area is 197 Å². The summed E-state index contributed by atoms with van der Waals surface area (Å²) in [5.74, 6) is 0.621. The van der Waals surface area contributed by atoms with Crippen molar-refractivity contribution in [1.82, 2.24) is 16.0 Å². The maximum absolute atomic E-state index is 12.0. The summed E-state index contributed by atoms with van der Waals surface area (Å²) in [6.07, 6.45) is 0.713. The fourth-order valence-corrected chi connectivity index (χ4v) is 3.28. The molecule has 1 amide bonds. The van der Waals surface area contributed by atoms with Crippen LogP contribution in [0.25, 0.3) is 0 Å². The molecular weight excluding hydrogens is 547 g/mol. The summed E-state index contributed by atoms with van der Waals surface area (Å²) < 4.78 is 1.06. The summed E-state index contributed by atoms with van der Waals surface area (Å²) in [6, 6.07) is 14.5. The van der Waals surface area contributed by atoms with Crippen molar-refractivity contribution in [2.75, 3.05) is 19.6 Å². The quantitative estimate of drug-likeness (QED) is 0.165. The zero-order valence-corrected chi connectivity index (χ0v) is 20.5. The molecule has 0 heterocycles. The number of rotatable bonds is 8. The van der Waals surface area contributed by atoms with Gasteiger partial charge in [-0.2, -0.15) is 0 Å². The maximum atomic E-state index is 12.0. The van der Waals surface area contributed by atoms with Gasteiger partial charge < -0.3 is 21.1 Å². The Kier molecular flexibility index (Phi) is 11.7. The van der Waals surface area contributed by atoms with Gasteiger partial charge in [0.1, 0.15) is 5.75 Å². The van der Waals surface area contributed by atoms with Crippen molar-refractivity contribution in [3.63, 3.8) is 0 Å². The van der Waals surface area contributed by atoms with Crippen molar-refractivity contribution in [3.05, 3.63) is 64.1 Å². The van der Waals surface area contributed by atoms with E-state index in [-0.39, 0.29) is 41.7 Å². The summed E-state index contributed by atoms with van der Waals surface area (Å²) in [4.78, 5) is 16.6. The number of phenols is 1. The van der Waals surface area contributed by atoms with E-state index < -0.39 is 0 Å². The Morgan fingerprint density at radius 2 is 1.93 bits per heavy atom. The number of carbonyl (C=O) groups is 1. The van der Waals surface area contributed by atoms with Crippen LogP contribution in [-0.4, -0.2) is 36.6 Å². The van der Waals surface area contributed by atoms with E-state index >= 15 is 0 Å². The number of aliphatic imine (C=N–C) groups is 1. The van der Waals surface area contributed by atoms with Gasteiger partial charge in [-0.15, -0.1) is 24.0 Å². The van der Waals surface area contributed by atoms with Crippen molar-refractivity contribution in [1.29, 1.82) is 0 Å². The molecule has 0 saturated carbocycles. The fraction of sp³-hybridized carbons (Fsp3) is 0.333. The van der Waals surface area contributed by atoms with Crippen LogP contribution in [0.4, 0.5) is 0 Å². The molecule has 0 aromatic heterocycles. The standard InChI is InChI=1S/C21H27BrN4O2.HI/c1-3-23-21(26-15(2)18-10-4-5-11-19(18)22)25-13-7-12-24-20(28)16-8-6-9-17(27)14-16;/h4-6,8-11,14-15,27H,3,7,12-13H2,1-2H3,(H,24,28)(H2,23,25,26);1H. The smallest absolute Gasteiger partial charge is 0.251 e. The molecule has 1 atom stereocenters. The molecule has 0 spiro atoms. The average molecular weight is 575 g/mol. The van der Waals surface area contributed by atoms with Crippen molar-refractivity contribution in [2.45, 2.75) is 26.3 Å². The van der Waals surface area contributed by atoms with E-state index in [1.807, 2.05) is 25.1 Å². The molecule has 0 radical (unpaired) electrons. The van der Waals surface area contributed by atoms with Crippen LogP contribution in [0.1, 0.15) is 42.2 Å². The van der Waals surface area contributed by atoms with Gasteiger partial charge in [-0.3, -0.25) is 9.79 Å². The lowest BCUT2D eigenvalue weighted by atomic mass is 10.1. The number of nitrogens with zero attached hydrogens (tertiary/aromatic N) is 1. The molecule has 8 heteroatoms.